The Kier molecular flexibility index (Phi) is 6.93. The van der Waals surface area contributed by atoms with Crippen LogP contribution in [0.25, 0.3) is 0 Å². The van der Waals surface area contributed by atoms with E-state index in [1.165, 1.54) is 24.8 Å². The van der Waals surface area contributed by atoms with Gasteiger partial charge in [-0.2, -0.15) is 0 Å². The fourth-order valence-corrected chi connectivity index (χ4v) is 4.64. The minimum Gasteiger partial charge on any atom is -0.340 e. The van der Waals surface area contributed by atoms with Crippen LogP contribution in [0.3, 0.4) is 0 Å². The molecule has 0 radical (unpaired) electrons. The molecule has 3 unspecified atom stereocenters. The minimum absolute atomic E-state index is 0.349. The van der Waals surface area contributed by atoms with E-state index in [-0.39, 0.29) is 0 Å². The molecule has 150 valence electrons. The number of nitrogens with zero attached hydrogens (tertiary/aromatic N) is 3. The molecular formula is C23H37N3O. The van der Waals surface area contributed by atoms with Gasteiger partial charge in [0.1, 0.15) is 0 Å². The number of piperazine rings is 1. The Bertz CT molecular complexity index is 587. The second kappa shape index (κ2) is 9.20. The lowest BCUT2D eigenvalue weighted by molar-refractivity contribution is -0.136. The predicted octanol–water partition coefficient (Wildman–Crippen LogP) is 3.44. The van der Waals surface area contributed by atoms with E-state index in [4.69, 9.17) is 0 Å². The van der Waals surface area contributed by atoms with Crippen LogP contribution in [-0.2, 0) is 4.79 Å². The summed E-state index contributed by atoms with van der Waals surface area (Å²) in [5.41, 5.74) is 1.34. The first-order valence-corrected chi connectivity index (χ1v) is 10.7. The number of hydrogen-bond donors (Lipinski definition) is 0. The summed E-state index contributed by atoms with van der Waals surface area (Å²) in [6.45, 7) is 8.55. The molecule has 0 spiro atoms. The van der Waals surface area contributed by atoms with Crippen LogP contribution in [0.1, 0.15) is 51.0 Å². The zero-order valence-electron chi connectivity index (χ0n) is 17.6. The first-order valence-electron chi connectivity index (χ1n) is 10.7. The second-order valence-electron chi connectivity index (χ2n) is 8.95. The van der Waals surface area contributed by atoms with E-state index < -0.39 is 0 Å². The highest BCUT2D eigenvalue weighted by molar-refractivity contribution is 5.77. The molecule has 4 nitrogen and oxygen atoms in total. The molecule has 0 bridgehead atoms. The summed E-state index contributed by atoms with van der Waals surface area (Å²) in [5, 5.41) is 0. The molecule has 1 saturated heterocycles. The summed E-state index contributed by atoms with van der Waals surface area (Å²) < 4.78 is 0. The fraction of sp³-hybridized carbons (Fsp3) is 0.696. The van der Waals surface area contributed by atoms with Gasteiger partial charge in [-0.3, -0.25) is 9.69 Å². The molecule has 0 N–H and O–H groups in total. The van der Waals surface area contributed by atoms with Gasteiger partial charge < -0.3 is 9.80 Å². The van der Waals surface area contributed by atoms with Crippen molar-refractivity contribution in [3.8, 4) is 0 Å². The van der Waals surface area contributed by atoms with Gasteiger partial charge in [0.15, 0.2) is 0 Å². The second-order valence-corrected chi connectivity index (χ2v) is 8.95. The van der Waals surface area contributed by atoms with Gasteiger partial charge in [0.05, 0.1) is 0 Å². The monoisotopic (exact) mass is 371 g/mol. The van der Waals surface area contributed by atoms with Crippen molar-refractivity contribution in [2.75, 3.05) is 40.3 Å². The largest absolute Gasteiger partial charge is 0.340 e. The highest BCUT2D eigenvalue weighted by Gasteiger charge is 2.37. The maximum absolute atomic E-state index is 13.1. The summed E-state index contributed by atoms with van der Waals surface area (Å²) in [5.74, 6) is 1.46. The summed E-state index contributed by atoms with van der Waals surface area (Å²) >= 11 is 0. The van der Waals surface area contributed by atoms with E-state index in [0.29, 0.717) is 36.2 Å². The lowest BCUT2D eigenvalue weighted by Crippen LogP contribution is -2.58. The predicted molar refractivity (Wildman–Crippen MR) is 112 cm³/mol. The van der Waals surface area contributed by atoms with Gasteiger partial charge >= 0.3 is 0 Å². The molecular weight excluding hydrogens is 334 g/mol. The van der Waals surface area contributed by atoms with Crippen molar-refractivity contribution in [1.29, 1.82) is 0 Å². The topological polar surface area (TPSA) is 26.8 Å². The first kappa shape index (κ1) is 20.3. The average molecular weight is 372 g/mol. The third-order valence-corrected chi connectivity index (χ3v) is 6.29. The third-order valence-electron chi connectivity index (χ3n) is 6.29. The molecule has 1 aromatic carbocycles. The van der Waals surface area contributed by atoms with Crippen LogP contribution in [0.5, 0.6) is 0 Å². The van der Waals surface area contributed by atoms with Gasteiger partial charge in [0, 0.05) is 38.1 Å². The number of carbonyl (C=O) groups is 1. The van der Waals surface area contributed by atoms with Gasteiger partial charge in [-0.1, -0.05) is 30.3 Å². The normalized spacial score (nSPS) is 25.0. The smallest absolute Gasteiger partial charge is 0.223 e. The Morgan fingerprint density at radius 2 is 1.74 bits per heavy atom. The number of hydrogen-bond acceptors (Lipinski definition) is 3. The molecule has 0 aromatic heterocycles. The number of benzene rings is 1. The van der Waals surface area contributed by atoms with Gasteiger partial charge in [0.2, 0.25) is 5.91 Å². The minimum atomic E-state index is 0.349. The molecule has 1 saturated carbocycles. The Morgan fingerprint density at radius 3 is 2.30 bits per heavy atom. The van der Waals surface area contributed by atoms with Crippen molar-refractivity contribution < 1.29 is 4.79 Å². The summed E-state index contributed by atoms with van der Waals surface area (Å²) in [4.78, 5) is 20.1. The quantitative estimate of drug-likeness (QED) is 0.700. The van der Waals surface area contributed by atoms with E-state index in [1.54, 1.807) is 0 Å². The van der Waals surface area contributed by atoms with Crippen LogP contribution in [0, 0.1) is 5.92 Å². The average Bonchev–Trinajstić information content (AvgIpc) is 3.47. The standard InChI is InChI=1S/C23H37N3O/c1-18-16-25(17-19(2)26(18)14-8-13-24(3)4)23(27)15-22(21-11-12-21)20-9-6-5-7-10-20/h5-7,9-10,18-19,21-22H,8,11-17H2,1-4H3. The van der Waals surface area contributed by atoms with Gasteiger partial charge in [-0.05, 0) is 71.1 Å². The van der Waals surface area contributed by atoms with Crippen molar-refractivity contribution >= 4 is 5.91 Å². The van der Waals surface area contributed by atoms with Crippen molar-refractivity contribution in [2.45, 2.75) is 57.5 Å². The molecule has 1 aromatic rings. The van der Waals surface area contributed by atoms with Gasteiger partial charge in [0.25, 0.3) is 0 Å². The summed E-state index contributed by atoms with van der Waals surface area (Å²) in [6, 6.07) is 11.5. The van der Waals surface area contributed by atoms with E-state index >= 15 is 0 Å². The SMILES string of the molecule is CC1CN(C(=O)CC(c2ccccc2)C2CC2)CC(C)N1CCCN(C)C. The van der Waals surface area contributed by atoms with Gasteiger partial charge in [-0.15, -0.1) is 0 Å². The highest BCUT2D eigenvalue weighted by atomic mass is 16.2. The molecule has 2 fully saturated rings. The molecule has 3 rings (SSSR count). The number of carbonyl (C=O) groups excluding carboxylic acids is 1. The summed E-state index contributed by atoms with van der Waals surface area (Å²) in [7, 11) is 4.26. The van der Waals surface area contributed by atoms with Crippen LogP contribution in [0.2, 0.25) is 0 Å². The Balaban J connectivity index is 1.56. The van der Waals surface area contributed by atoms with Crippen LogP contribution in [-0.4, -0.2) is 73.0 Å². The van der Waals surface area contributed by atoms with Gasteiger partial charge in [-0.25, -0.2) is 0 Å². The molecule has 4 heteroatoms. The van der Waals surface area contributed by atoms with E-state index in [9.17, 15) is 4.79 Å². The number of amides is 1. The third kappa shape index (κ3) is 5.55. The summed E-state index contributed by atoms with van der Waals surface area (Å²) in [6.07, 6.45) is 4.42. The maximum atomic E-state index is 13.1. The van der Waals surface area contributed by atoms with Crippen molar-refractivity contribution in [3.63, 3.8) is 0 Å². The zero-order valence-corrected chi connectivity index (χ0v) is 17.6. The molecule has 3 atom stereocenters. The Hall–Kier alpha value is -1.39. The van der Waals surface area contributed by atoms with Crippen LogP contribution < -0.4 is 0 Å². The van der Waals surface area contributed by atoms with Crippen molar-refractivity contribution in [3.05, 3.63) is 35.9 Å². The van der Waals surface area contributed by atoms with Crippen molar-refractivity contribution in [2.24, 2.45) is 5.92 Å². The lowest BCUT2D eigenvalue weighted by atomic mass is 9.90. The highest BCUT2D eigenvalue weighted by Crippen LogP contribution is 2.44. The molecule has 1 aliphatic carbocycles. The number of rotatable bonds is 8. The van der Waals surface area contributed by atoms with Crippen molar-refractivity contribution in [1.82, 2.24) is 14.7 Å². The molecule has 27 heavy (non-hydrogen) atoms. The zero-order chi connectivity index (χ0) is 19.4. The fourth-order valence-electron chi connectivity index (χ4n) is 4.64. The van der Waals surface area contributed by atoms with Crippen LogP contribution in [0.4, 0.5) is 0 Å². The Labute approximate surface area is 165 Å². The maximum Gasteiger partial charge on any atom is 0.223 e. The molecule has 1 amide bonds. The molecule has 1 aliphatic heterocycles. The van der Waals surface area contributed by atoms with E-state index in [1.807, 2.05) is 0 Å². The first-order chi connectivity index (χ1) is 13.0. The molecule has 1 heterocycles. The lowest BCUT2D eigenvalue weighted by Gasteiger charge is -2.45. The van der Waals surface area contributed by atoms with E-state index in [0.717, 1.165) is 26.2 Å². The van der Waals surface area contributed by atoms with E-state index in [2.05, 4.69) is 73.0 Å². The van der Waals surface area contributed by atoms with Crippen LogP contribution in [0.15, 0.2) is 30.3 Å². The molecule has 2 aliphatic rings. The Morgan fingerprint density at radius 1 is 1.11 bits per heavy atom. The van der Waals surface area contributed by atoms with Crippen LogP contribution >= 0.6 is 0 Å².